The maximum atomic E-state index is 13.1. The third-order valence-corrected chi connectivity index (χ3v) is 7.30. The summed E-state index contributed by atoms with van der Waals surface area (Å²) in [7, 11) is 2.05. The molecule has 0 amide bonds. The third-order valence-electron chi connectivity index (χ3n) is 7.02. The average Bonchev–Trinajstić information content (AvgIpc) is 3.41. The van der Waals surface area contributed by atoms with Gasteiger partial charge in [-0.2, -0.15) is 13.2 Å². The first-order valence-corrected chi connectivity index (χ1v) is 12.9. The number of halogens is 4. The Morgan fingerprint density at radius 1 is 1.13 bits per heavy atom. The summed E-state index contributed by atoms with van der Waals surface area (Å²) < 4.78 is 39.2. The second-order valence-corrected chi connectivity index (χ2v) is 9.87. The second-order valence-electron chi connectivity index (χ2n) is 9.46. The van der Waals surface area contributed by atoms with Crippen LogP contribution in [0.1, 0.15) is 42.1 Å². The van der Waals surface area contributed by atoms with Crippen LogP contribution in [0.5, 0.6) is 0 Å². The smallest absolute Gasteiger partial charge is 0.360 e. The molecular weight excluding hydrogens is 513 g/mol. The molecule has 10 heteroatoms. The Bertz CT molecular complexity index is 1490. The zero-order valence-electron chi connectivity index (χ0n) is 21.4. The van der Waals surface area contributed by atoms with Gasteiger partial charge < -0.3 is 14.8 Å². The number of anilines is 2. The highest BCUT2D eigenvalue weighted by molar-refractivity contribution is 6.35. The highest BCUT2D eigenvalue weighted by Crippen LogP contribution is 2.38. The summed E-state index contributed by atoms with van der Waals surface area (Å²) in [5, 5.41) is 1.44. The Morgan fingerprint density at radius 2 is 1.89 bits per heavy atom. The first kappa shape index (κ1) is 26.0. The molecule has 1 saturated heterocycles. The fourth-order valence-corrected chi connectivity index (χ4v) is 5.44. The van der Waals surface area contributed by atoms with Crippen LogP contribution in [0, 0.1) is 6.92 Å². The van der Waals surface area contributed by atoms with E-state index in [-0.39, 0.29) is 5.95 Å². The van der Waals surface area contributed by atoms with E-state index in [1.165, 1.54) is 5.56 Å². The molecule has 6 nitrogen and oxygen atoms in total. The maximum Gasteiger partial charge on any atom is 0.419 e. The van der Waals surface area contributed by atoms with E-state index in [1.54, 1.807) is 6.20 Å². The monoisotopic (exact) mass is 540 g/mol. The van der Waals surface area contributed by atoms with Crippen molar-refractivity contribution in [1.29, 1.82) is 0 Å². The van der Waals surface area contributed by atoms with Gasteiger partial charge in [-0.05, 0) is 49.0 Å². The minimum atomic E-state index is -4.48. The lowest BCUT2D eigenvalue weighted by molar-refractivity contribution is -0.138. The first-order valence-electron chi connectivity index (χ1n) is 12.5. The molecule has 0 bridgehead atoms. The highest BCUT2D eigenvalue weighted by atomic mass is 35.5. The van der Waals surface area contributed by atoms with E-state index >= 15 is 0 Å². The molecule has 0 spiro atoms. The summed E-state index contributed by atoms with van der Waals surface area (Å²) in [4.78, 5) is 20.2. The number of rotatable bonds is 5. The van der Waals surface area contributed by atoms with Gasteiger partial charge in [-0.15, -0.1) is 0 Å². The predicted octanol–water partition coefficient (Wildman–Crippen LogP) is 7.04. The van der Waals surface area contributed by atoms with Crippen LogP contribution in [0.15, 0.2) is 54.6 Å². The van der Waals surface area contributed by atoms with Crippen molar-refractivity contribution in [3.8, 4) is 0 Å². The number of benzene rings is 1. The number of para-hydroxylation sites is 1. The molecule has 38 heavy (non-hydrogen) atoms. The van der Waals surface area contributed by atoms with Gasteiger partial charge in [-0.1, -0.05) is 36.7 Å². The summed E-state index contributed by atoms with van der Waals surface area (Å²) in [5.41, 5.74) is 6.26. The van der Waals surface area contributed by atoms with E-state index in [0.29, 0.717) is 18.1 Å². The van der Waals surface area contributed by atoms with E-state index in [1.807, 2.05) is 24.2 Å². The SMILES string of the molecule is CCc1cccc(C)c1N(C)/C(=C1\CCCN(c2ncc(C(F)(F)F)cn2)C1)c1ncc(Cl)c2[nH]ccc12. The molecule has 4 aromatic rings. The molecular formula is C28H28ClF3N6. The number of piperidine rings is 1. The van der Waals surface area contributed by atoms with Crippen molar-refractivity contribution in [2.24, 2.45) is 0 Å². The van der Waals surface area contributed by atoms with Crippen LogP contribution in [0.25, 0.3) is 16.6 Å². The summed E-state index contributed by atoms with van der Waals surface area (Å²) >= 11 is 6.45. The quantitative estimate of drug-likeness (QED) is 0.294. The van der Waals surface area contributed by atoms with E-state index < -0.39 is 11.7 Å². The van der Waals surface area contributed by atoms with Gasteiger partial charge in [0.25, 0.3) is 0 Å². The molecule has 0 radical (unpaired) electrons. The molecule has 1 aromatic carbocycles. The molecule has 0 atom stereocenters. The van der Waals surface area contributed by atoms with Crippen molar-refractivity contribution in [2.75, 3.05) is 29.9 Å². The van der Waals surface area contributed by atoms with Gasteiger partial charge in [0.05, 0.1) is 27.5 Å². The van der Waals surface area contributed by atoms with Gasteiger partial charge in [0, 0.05) is 56.0 Å². The minimum Gasteiger partial charge on any atom is -0.360 e. The van der Waals surface area contributed by atoms with Gasteiger partial charge in [-0.3, -0.25) is 4.98 Å². The fraction of sp³-hybridized carbons (Fsp3) is 0.321. The number of fused-ring (bicyclic) bond motifs is 1. The number of aromatic nitrogens is 4. The standard InChI is InChI=1S/C28H28ClF3N6/c1-4-18-8-5-7-17(2)25(18)37(3)26(24-21-10-11-33-23(21)22(29)15-34-24)19-9-6-12-38(16-19)27-35-13-20(14-36-27)28(30,31)32/h5,7-8,10-11,13-15,33H,4,6,9,12,16H2,1-3H3/b26-19+. The zero-order chi connectivity index (χ0) is 27.0. The molecule has 0 saturated carbocycles. The Labute approximate surface area is 224 Å². The number of aryl methyl sites for hydroxylation is 2. The molecule has 1 N–H and O–H groups in total. The average molecular weight is 541 g/mol. The molecule has 3 aromatic heterocycles. The molecule has 4 heterocycles. The van der Waals surface area contributed by atoms with Gasteiger partial charge in [-0.25, -0.2) is 9.97 Å². The van der Waals surface area contributed by atoms with Crippen molar-refractivity contribution in [3.63, 3.8) is 0 Å². The van der Waals surface area contributed by atoms with Crippen molar-refractivity contribution >= 4 is 39.8 Å². The lowest BCUT2D eigenvalue weighted by Gasteiger charge is -2.34. The molecule has 198 valence electrons. The zero-order valence-corrected chi connectivity index (χ0v) is 22.2. The lowest BCUT2D eigenvalue weighted by Crippen LogP contribution is -2.35. The van der Waals surface area contributed by atoms with Gasteiger partial charge in [0.1, 0.15) is 0 Å². The van der Waals surface area contributed by atoms with Gasteiger partial charge >= 0.3 is 6.18 Å². The third kappa shape index (κ3) is 4.82. The van der Waals surface area contributed by atoms with Crippen LogP contribution in [0.3, 0.4) is 0 Å². The normalized spacial score (nSPS) is 15.7. The van der Waals surface area contributed by atoms with Crippen LogP contribution >= 0.6 is 11.6 Å². The van der Waals surface area contributed by atoms with Crippen molar-refractivity contribution < 1.29 is 13.2 Å². The summed E-state index contributed by atoms with van der Waals surface area (Å²) in [5.74, 6) is 0.276. The number of aromatic amines is 1. The number of H-pyrrole nitrogens is 1. The molecule has 1 aliphatic rings. The fourth-order valence-electron chi connectivity index (χ4n) is 5.24. The summed E-state index contributed by atoms with van der Waals surface area (Å²) in [6, 6.07) is 8.26. The molecule has 5 rings (SSSR count). The van der Waals surface area contributed by atoms with Gasteiger partial charge in [0.15, 0.2) is 0 Å². The second kappa shape index (κ2) is 10.3. The number of pyridine rings is 1. The summed E-state index contributed by atoms with van der Waals surface area (Å²) in [6.07, 6.45) is 3.18. The van der Waals surface area contributed by atoms with Crippen LogP contribution in [-0.4, -0.2) is 40.1 Å². The van der Waals surface area contributed by atoms with E-state index in [0.717, 1.165) is 70.8 Å². The Kier molecular flexibility index (Phi) is 7.05. The molecule has 1 aliphatic heterocycles. The van der Waals surface area contributed by atoms with Crippen molar-refractivity contribution in [2.45, 2.75) is 39.3 Å². The molecule has 0 unspecified atom stereocenters. The maximum absolute atomic E-state index is 13.1. The highest BCUT2D eigenvalue weighted by Gasteiger charge is 2.32. The topological polar surface area (TPSA) is 60.9 Å². The number of nitrogens with zero attached hydrogens (tertiary/aromatic N) is 5. The number of alkyl halides is 3. The summed E-state index contributed by atoms with van der Waals surface area (Å²) in [6.45, 7) is 5.34. The number of hydrogen-bond acceptors (Lipinski definition) is 5. The van der Waals surface area contributed by atoms with Crippen LogP contribution in [-0.2, 0) is 12.6 Å². The number of hydrogen-bond donors (Lipinski definition) is 1. The van der Waals surface area contributed by atoms with E-state index in [9.17, 15) is 13.2 Å². The Hall–Kier alpha value is -3.59. The Balaban J connectivity index is 1.65. The number of nitrogens with one attached hydrogen (secondary N) is 1. The largest absolute Gasteiger partial charge is 0.419 e. The van der Waals surface area contributed by atoms with E-state index in [4.69, 9.17) is 16.6 Å². The van der Waals surface area contributed by atoms with Gasteiger partial charge in [0.2, 0.25) is 5.95 Å². The molecule has 0 aliphatic carbocycles. The van der Waals surface area contributed by atoms with Crippen LogP contribution in [0.4, 0.5) is 24.8 Å². The van der Waals surface area contributed by atoms with Crippen LogP contribution < -0.4 is 9.80 Å². The Morgan fingerprint density at radius 3 is 2.61 bits per heavy atom. The van der Waals surface area contributed by atoms with Crippen LogP contribution in [0.2, 0.25) is 5.02 Å². The van der Waals surface area contributed by atoms with E-state index in [2.05, 4.69) is 51.9 Å². The lowest BCUT2D eigenvalue weighted by atomic mass is 9.97. The molecule has 1 fully saturated rings. The minimum absolute atomic E-state index is 0.276. The van der Waals surface area contributed by atoms with Crippen molar-refractivity contribution in [1.82, 2.24) is 19.9 Å². The van der Waals surface area contributed by atoms with Crippen molar-refractivity contribution in [3.05, 3.63) is 82.0 Å². The predicted molar refractivity (Wildman–Crippen MR) is 145 cm³/mol. The first-order chi connectivity index (χ1) is 18.2.